The van der Waals surface area contributed by atoms with Gasteiger partial charge < -0.3 is 66.5 Å². The maximum Gasteiger partial charge on any atom is 0.246 e. The number of nitrogens with zero attached hydrogens (tertiary/aromatic N) is 2. The Hall–Kier alpha value is -9.44. The molecule has 1 aliphatic carbocycles. The molecule has 9 atom stereocenters. The van der Waals surface area contributed by atoms with Crippen LogP contribution >= 0.6 is 0 Å². The SMILES string of the molecule is CC(C)C1NCCOc2cc(O)ccc2CC[C@@H](C)NC(=O)[C@@H](Cc2ccc(C(=O)c3ccccc3)cc2)NC(=O)[C@H](C(C)O)N(C)C1=O.C[C@@H]1CNC(C2CCCCC2)C(=O)N(C)[C@H](C)C(=O)N[C@H](Cc2ccc(C(=O)c3ccccc3)cc2)C(=O)NCCCc2ccc(O)cc2O1. The first-order valence-corrected chi connectivity index (χ1v) is 34.6. The van der Waals surface area contributed by atoms with Gasteiger partial charge in [0.1, 0.15) is 59.9 Å². The standard InChI is InChI=1S/C40H50N4O6.C38H48N4O7/c1-26-25-42-36(30-11-6-4-7-12-30)40(49)44(3)27(2)38(47)43-34(39(48)41-22-10-15-29-20-21-33(45)24-35(29)50-26)23-28-16-18-32(19-17-28)37(46)31-13-8-5-9-14-31;1-23(2)33-38(48)42(5)34(25(4)43)37(47)41-31(21-26-12-15-29(16-13-26)35(45)28-9-7-6-8-10-28)36(46)40-24(3)11-14-27-17-18-30(44)22-32(27)49-20-19-39-33/h5,8-9,13-14,16-21,24,26-27,30,34,36,42,45H,4,6-7,10-12,15,22-23,25H2,1-3H3,(H,41,48)(H,43,47);6-10,12-13,15-18,22-25,31,33-34,39,43-44H,11,14,19-21H2,1-5H3,(H,40,46)(H,41,47)/t26-,27-,34-,36?;24-,25?,31-,33?,34+/m11/s1. The van der Waals surface area contributed by atoms with Crippen molar-refractivity contribution in [3.8, 4) is 23.0 Å². The summed E-state index contributed by atoms with van der Waals surface area (Å²) in [4.78, 5) is 111. The number of fused-ring (bicyclic) bond motifs is 2. The first-order chi connectivity index (χ1) is 47.4. The second-order valence-electron chi connectivity index (χ2n) is 26.7. The molecule has 1 saturated carbocycles. The Morgan fingerprint density at radius 3 is 1.63 bits per heavy atom. The molecule has 99 heavy (non-hydrogen) atoms. The molecule has 6 aromatic carbocycles. The maximum absolute atomic E-state index is 14.1. The number of amides is 6. The first-order valence-electron chi connectivity index (χ1n) is 34.6. The minimum absolute atomic E-state index is 0.0623. The Labute approximate surface area is 581 Å². The molecular weight excluding hydrogens is 1260 g/mol. The predicted molar refractivity (Wildman–Crippen MR) is 378 cm³/mol. The van der Waals surface area contributed by atoms with E-state index in [2.05, 4.69) is 31.9 Å². The number of likely N-dealkylation sites (N-methyl/N-ethyl adjacent to an activating group) is 2. The van der Waals surface area contributed by atoms with Gasteiger partial charge in [0.25, 0.3) is 0 Å². The van der Waals surface area contributed by atoms with Crippen molar-refractivity contribution in [3.05, 3.63) is 190 Å². The van der Waals surface area contributed by atoms with Crippen molar-refractivity contribution >= 4 is 47.0 Å². The number of hydrogen-bond donors (Lipinski definition) is 9. The highest BCUT2D eigenvalue weighted by Gasteiger charge is 2.39. The molecule has 1 fully saturated rings. The fourth-order valence-electron chi connectivity index (χ4n) is 12.8. The van der Waals surface area contributed by atoms with Crippen LogP contribution in [0.5, 0.6) is 23.0 Å². The molecular formula is C78H98N8O13. The van der Waals surface area contributed by atoms with E-state index in [0.717, 1.165) is 48.8 Å². The summed E-state index contributed by atoms with van der Waals surface area (Å²) >= 11 is 0. The maximum atomic E-state index is 14.1. The number of phenols is 2. The van der Waals surface area contributed by atoms with Crippen LogP contribution in [0.1, 0.15) is 141 Å². The normalized spacial score (nSPS) is 22.8. The van der Waals surface area contributed by atoms with Gasteiger partial charge >= 0.3 is 0 Å². The minimum Gasteiger partial charge on any atom is -0.508 e. The number of hydrogen-bond acceptors (Lipinski definition) is 15. The number of ketones is 2. The zero-order valence-electron chi connectivity index (χ0n) is 58.1. The topological polar surface area (TPSA) is 294 Å². The van der Waals surface area contributed by atoms with E-state index in [1.54, 1.807) is 129 Å². The van der Waals surface area contributed by atoms with Gasteiger partial charge in [0.05, 0.1) is 18.2 Å². The average molecular weight is 1360 g/mol. The number of nitrogens with one attached hydrogen (secondary N) is 6. The lowest BCUT2D eigenvalue weighted by atomic mass is 9.83. The quantitative estimate of drug-likeness (QED) is 0.0566. The van der Waals surface area contributed by atoms with Crippen molar-refractivity contribution < 1.29 is 63.1 Å². The summed E-state index contributed by atoms with van der Waals surface area (Å²) in [6.07, 6.45) is 6.11. The van der Waals surface area contributed by atoms with Crippen LogP contribution in [-0.2, 0) is 54.5 Å². The van der Waals surface area contributed by atoms with E-state index in [1.807, 2.05) is 58.0 Å². The zero-order chi connectivity index (χ0) is 71.3. The summed E-state index contributed by atoms with van der Waals surface area (Å²) in [5, 5.41) is 49.5. The van der Waals surface area contributed by atoms with Crippen LogP contribution in [0.15, 0.2) is 146 Å². The first kappa shape index (κ1) is 75.3. The molecule has 0 aromatic heterocycles. The molecule has 0 radical (unpaired) electrons. The molecule has 0 spiro atoms. The number of carbonyl (C=O) groups is 8. The molecule has 3 unspecified atom stereocenters. The lowest BCUT2D eigenvalue weighted by Crippen LogP contribution is -2.61. The third-order valence-electron chi connectivity index (χ3n) is 18.7. The van der Waals surface area contributed by atoms with E-state index in [4.69, 9.17) is 9.47 Å². The highest BCUT2D eigenvalue weighted by molar-refractivity contribution is 6.09. The molecule has 6 aromatic rings. The van der Waals surface area contributed by atoms with Crippen molar-refractivity contribution in [3.63, 3.8) is 0 Å². The van der Waals surface area contributed by atoms with E-state index in [9.17, 15) is 53.7 Å². The highest BCUT2D eigenvalue weighted by atomic mass is 16.5. The zero-order valence-corrected chi connectivity index (χ0v) is 58.1. The highest BCUT2D eigenvalue weighted by Crippen LogP contribution is 2.31. The number of aliphatic hydroxyl groups excluding tert-OH is 1. The number of phenolic OH excluding ortho intramolecular Hbond substituents is 2. The Morgan fingerprint density at radius 1 is 0.545 bits per heavy atom. The van der Waals surface area contributed by atoms with Gasteiger partial charge in [0.2, 0.25) is 35.4 Å². The Balaban J connectivity index is 0.000000252. The van der Waals surface area contributed by atoms with Gasteiger partial charge in [-0.15, -0.1) is 0 Å². The number of rotatable bonds is 11. The lowest BCUT2D eigenvalue weighted by molar-refractivity contribution is -0.145. The molecule has 9 N–H and O–H groups in total. The van der Waals surface area contributed by atoms with Gasteiger partial charge in [-0.1, -0.05) is 154 Å². The second kappa shape index (κ2) is 36.4. The number of ether oxygens (including phenoxy) is 2. The van der Waals surface area contributed by atoms with Gasteiger partial charge in [-0.25, -0.2) is 0 Å². The van der Waals surface area contributed by atoms with Crippen molar-refractivity contribution in [2.45, 2.75) is 167 Å². The second-order valence-corrected chi connectivity index (χ2v) is 26.7. The van der Waals surface area contributed by atoms with Crippen LogP contribution < -0.4 is 41.4 Å². The van der Waals surface area contributed by atoms with Crippen molar-refractivity contribution in [2.24, 2.45) is 11.8 Å². The van der Waals surface area contributed by atoms with E-state index in [0.29, 0.717) is 84.6 Å². The van der Waals surface area contributed by atoms with Gasteiger partial charge in [0, 0.05) is 87.0 Å². The van der Waals surface area contributed by atoms with Crippen LogP contribution in [0.25, 0.3) is 0 Å². The van der Waals surface area contributed by atoms with E-state index in [-0.39, 0.29) is 78.3 Å². The summed E-state index contributed by atoms with van der Waals surface area (Å²) in [6, 6.07) is 36.3. The third kappa shape index (κ3) is 21.3. The number of benzene rings is 6. The minimum atomic E-state index is -1.28. The van der Waals surface area contributed by atoms with E-state index >= 15 is 0 Å². The molecule has 9 rings (SSSR count). The van der Waals surface area contributed by atoms with Crippen LogP contribution in [-0.4, -0.2) is 167 Å². The number of aryl methyl sites for hydroxylation is 2. The summed E-state index contributed by atoms with van der Waals surface area (Å²) in [5.74, 6) is -1.48. The smallest absolute Gasteiger partial charge is 0.246 e. The summed E-state index contributed by atoms with van der Waals surface area (Å²) < 4.78 is 12.3. The number of carbonyl (C=O) groups excluding carboxylic acids is 8. The van der Waals surface area contributed by atoms with Gasteiger partial charge in [-0.3, -0.25) is 38.4 Å². The summed E-state index contributed by atoms with van der Waals surface area (Å²) in [5.41, 5.74) is 5.39. The molecule has 2 aliphatic heterocycles. The van der Waals surface area contributed by atoms with Gasteiger partial charge in [-0.2, -0.15) is 0 Å². The number of aromatic hydroxyl groups is 2. The fourth-order valence-corrected chi connectivity index (χ4v) is 12.8. The molecule has 0 saturated heterocycles. The fraction of sp³-hybridized carbons (Fsp3) is 0.436. The number of aliphatic hydroxyl groups is 1. The Bertz CT molecular complexity index is 3700. The summed E-state index contributed by atoms with van der Waals surface area (Å²) in [7, 11) is 3.10. The predicted octanol–water partition coefficient (Wildman–Crippen LogP) is 7.57. The molecule has 2 heterocycles. The molecule has 21 heteroatoms. The van der Waals surface area contributed by atoms with Crippen molar-refractivity contribution in [1.82, 2.24) is 41.7 Å². The van der Waals surface area contributed by atoms with Crippen LogP contribution in [0.2, 0.25) is 0 Å². The van der Waals surface area contributed by atoms with Crippen LogP contribution in [0.4, 0.5) is 0 Å². The summed E-state index contributed by atoms with van der Waals surface area (Å²) in [6.45, 7) is 11.9. The van der Waals surface area contributed by atoms with Crippen molar-refractivity contribution in [2.75, 3.05) is 40.3 Å². The molecule has 0 bridgehead atoms. The molecule has 6 amide bonds. The average Bonchev–Trinajstić information content (AvgIpc) is 0.848. The molecule has 528 valence electrons. The molecule has 21 nitrogen and oxygen atoms in total. The van der Waals surface area contributed by atoms with E-state index in [1.165, 1.54) is 23.8 Å². The molecule has 3 aliphatic rings. The Kier molecular flexibility index (Phi) is 27.7. The largest absolute Gasteiger partial charge is 0.508 e. The Morgan fingerprint density at radius 2 is 1.07 bits per heavy atom. The third-order valence-corrected chi connectivity index (χ3v) is 18.7. The van der Waals surface area contributed by atoms with Gasteiger partial charge in [-0.05, 0) is 112 Å². The van der Waals surface area contributed by atoms with Crippen molar-refractivity contribution in [1.29, 1.82) is 0 Å². The van der Waals surface area contributed by atoms with Crippen LogP contribution in [0, 0.1) is 11.8 Å². The van der Waals surface area contributed by atoms with Crippen LogP contribution in [0.3, 0.4) is 0 Å². The van der Waals surface area contributed by atoms with E-state index < -0.39 is 66.0 Å². The van der Waals surface area contributed by atoms with Gasteiger partial charge in [0.15, 0.2) is 11.6 Å². The lowest BCUT2D eigenvalue weighted by Gasteiger charge is -2.35. The monoisotopic (exact) mass is 1350 g/mol.